The number of carbonyl (C=O) groups excluding carboxylic acids is 2. The molecule has 1 fully saturated rings. The van der Waals surface area contributed by atoms with E-state index in [-0.39, 0.29) is 6.61 Å². The second-order valence-corrected chi connectivity index (χ2v) is 9.86. The van der Waals surface area contributed by atoms with Gasteiger partial charge in [0.25, 0.3) is 0 Å². The molecule has 1 aliphatic rings. The molecule has 0 aliphatic carbocycles. The fraction of sp³-hybridized carbons (Fsp3) is 0.625. The van der Waals surface area contributed by atoms with E-state index < -0.39 is 65.5 Å². The van der Waals surface area contributed by atoms with Crippen molar-refractivity contribution in [3.8, 4) is 5.75 Å². The van der Waals surface area contributed by atoms with Crippen LogP contribution in [0.1, 0.15) is 40.2 Å². The molecule has 0 aromatic heterocycles. The van der Waals surface area contributed by atoms with Crippen LogP contribution in [0.25, 0.3) is 10.4 Å². The molecule has 1 aromatic carbocycles. The zero-order chi connectivity index (χ0) is 28.9. The van der Waals surface area contributed by atoms with Gasteiger partial charge in [-0.2, -0.15) is 0 Å². The van der Waals surface area contributed by atoms with Crippen LogP contribution in [0, 0.1) is 0 Å². The number of carboxylic acid groups (broad SMARTS) is 1. The van der Waals surface area contributed by atoms with Crippen LogP contribution in [0.5, 0.6) is 5.75 Å². The van der Waals surface area contributed by atoms with E-state index in [2.05, 4.69) is 15.3 Å². The molecule has 38 heavy (non-hydrogen) atoms. The highest BCUT2D eigenvalue weighted by molar-refractivity contribution is 5.91. The Balaban J connectivity index is 2.63. The summed E-state index contributed by atoms with van der Waals surface area (Å²) < 4.78 is 22.2. The Kier molecular flexibility index (Phi) is 9.83. The van der Waals surface area contributed by atoms with Gasteiger partial charge in [0.05, 0.1) is 32.0 Å². The Morgan fingerprint density at radius 2 is 1.82 bits per heavy atom. The Labute approximate surface area is 219 Å². The van der Waals surface area contributed by atoms with Gasteiger partial charge in [-0.15, -0.1) is 0 Å². The van der Waals surface area contributed by atoms with Gasteiger partial charge in [0.2, 0.25) is 5.91 Å². The normalized spacial score (nSPS) is 28.1. The maximum atomic E-state index is 13.0. The summed E-state index contributed by atoms with van der Waals surface area (Å²) in [5.41, 5.74) is 2.49. The van der Waals surface area contributed by atoms with Crippen molar-refractivity contribution in [1.29, 1.82) is 0 Å². The van der Waals surface area contributed by atoms with Gasteiger partial charge in [0.1, 0.15) is 11.9 Å². The van der Waals surface area contributed by atoms with Crippen molar-refractivity contribution in [1.82, 2.24) is 5.32 Å². The number of carbonyl (C=O) groups is 3. The van der Waals surface area contributed by atoms with E-state index in [0.29, 0.717) is 11.3 Å². The zero-order valence-corrected chi connectivity index (χ0v) is 22.1. The number of amides is 1. The first-order chi connectivity index (χ1) is 17.6. The number of aliphatic hydroxyl groups is 2. The number of rotatable bonds is 11. The second-order valence-electron chi connectivity index (χ2n) is 9.86. The predicted octanol–water partition coefficient (Wildman–Crippen LogP) is 1.07. The van der Waals surface area contributed by atoms with Crippen molar-refractivity contribution in [2.45, 2.75) is 82.5 Å². The van der Waals surface area contributed by atoms with E-state index in [1.54, 1.807) is 24.3 Å². The third-order valence-corrected chi connectivity index (χ3v) is 5.99. The van der Waals surface area contributed by atoms with E-state index in [4.69, 9.17) is 24.5 Å². The van der Waals surface area contributed by atoms with Crippen molar-refractivity contribution in [3.63, 3.8) is 0 Å². The monoisotopic (exact) mass is 538 g/mol. The minimum Gasteiger partial charge on any atom is -0.497 e. The number of benzene rings is 1. The number of methoxy groups -OCH3 is 1. The highest BCUT2D eigenvalue weighted by Crippen LogP contribution is 2.44. The number of Topliss-reactive ketones (excluding diaryl/α,β-unsaturated/α-hetero) is 1. The number of azide groups is 1. The van der Waals surface area contributed by atoms with Crippen LogP contribution in [-0.4, -0.2) is 88.0 Å². The van der Waals surface area contributed by atoms with E-state index in [0.717, 1.165) is 13.8 Å². The molecule has 14 nitrogen and oxygen atoms in total. The van der Waals surface area contributed by atoms with Gasteiger partial charge in [-0.1, -0.05) is 17.2 Å². The molecule has 2 rings (SSSR count). The summed E-state index contributed by atoms with van der Waals surface area (Å²) in [5, 5.41) is 39.7. The van der Waals surface area contributed by atoms with Gasteiger partial charge in [0, 0.05) is 11.8 Å². The number of ketones is 1. The molecule has 1 amide bonds. The number of nitrogens with zero attached hydrogens (tertiary/aromatic N) is 3. The van der Waals surface area contributed by atoms with Gasteiger partial charge in [-0.25, -0.2) is 4.79 Å². The first kappa shape index (κ1) is 31.0. The summed E-state index contributed by atoms with van der Waals surface area (Å²) in [6.07, 6.45) is -5.76. The standard InChI is InChI=1S/C24H34N4O10/c1-13(29)23(33)18(26-14(2)30)20(27-28-25)37-17(12-36-11-15-7-9-16(35-6)10-8-15)24(23,34)19(21(31)32)38-22(3,4)5/h7-10,17-20,33-34H,11-12H2,1-6H3,(H,26,30)(H,31,32)/t17-,18+,19?,20-,23-,24+/m1/s1. The van der Waals surface area contributed by atoms with Crippen LogP contribution >= 0.6 is 0 Å². The number of hydrogen-bond donors (Lipinski definition) is 4. The Morgan fingerprint density at radius 1 is 1.21 bits per heavy atom. The fourth-order valence-electron chi connectivity index (χ4n) is 4.31. The Bertz CT molecular complexity index is 1070. The molecule has 0 spiro atoms. The van der Waals surface area contributed by atoms with Crippen LogP contribution in [0.3, 0.4) is 0 Å². The summed E-state index contributed by atoms with van der Waals surface area (Å²) >= 11 is 0. The van der Waals surface area contributed by atoms with Gasteiger partial charge in [0.15, 0.2) is 29.3 Å². The molecule has 6 atom stereocenters. The molecule has 0 saturated carbocycles. The van der Waals surface area contributed by atoms with Crippen molar-refractivity contribution in [3.05, 3.63) is 40.3 Å². The molecule has 1 saturated heterocycles. The van der Waals surface area contributed by atoms with Gasteiger partial charge < -0.3 is 39.6 Å². The third kappa shape index (κ3) is 6.41. The summed E-state index contributed by atoms with van der Waals surface area (Å²) in [5.74, 6) is -3.04. The molecular weight excluding hydrogens is 504 g/mol. The lowest BCUT2D eigenvalue weighted by Gasteiger charge is -2.57. The molecule has 0 radical (unpaired) electrons. The number of ether oxygens (including phenoxy) is 4. The number of hydrogen-bond acceptors (Lipinski definition) is 10. The maximum Gasteiger partial charge on any atom is 0.336 e. The Hall–Kier alpha value is -3.26. The quantitative estimate of drug-likeness (QED) is 0.179. The average Bonchev–Trinajstić information content (AvgIpc) is 2.82. The largest absolute Gasteiger partial charge is 0.497 e. The molecule has 0 bridgehead atoms. The van der Waals surface area contributed by atoms with Crippen molar-refractivity contribution < 1.29 is 48.7 Å². The first-order valence-electron chi connectivity index (χ1n) is 11.7. The molecular formula is C24H34N4O10. The van der Waals surface area contributed by atoms with Crippen molar-refractivity contribution in [2.24, 2.45) is 5.11 Å². The Morgan fingerprint density at radius 3 is 2.26 bits per heavy atom. The molecule has 14 heteroatoms. The minimum absolute atomic E-state index is 0.0440. The summed E-state index contributed by atoms with van der Waals surface area (Å²) in [4.78, 5) is 40.1. The zero-order valence-electron chi connectivity index (χ0n) is 22.1. The molecule has 1 aromatic rings. The lowest BCUT2D eigenvalue weighted by molar-refractivity contribution is -0.318. The summed E-state index contributed by atoms with van der Waals surface area (Å²) in [6.45, 7) is 5.85. The number of carboxylic acids is 1. The second kappa shape index (κ2) is 12.1. The lowest BCUT2D eigenvalue weighted by atomic mass is 9.66. The number of nitrogens with one attached hydrogen (secondary N) is 1. The highest BCUT2D eigenvalue weighted by atomic mass is 16.6. The van der Waals surface area contributed by atoms with Gasteiger partial charge >= 0.3 is 5.97 Å². The van der Waals surface area contributed by atoms with Crippen LogP contribution in [0.15, 0.2) is 29.4 Å². The third-order valence-electron chi connectivity index (χ3n) is 5.99. The molecule has 1 aliphatic heterocycles. The van der Waals surface area contributed by atoms with E-state index in [9.17, 15) is 29.7 Å². The van der Waals surface area contributed by atoms with E-state index >= 15 is 0 Å². The molecule has 210 valence electrons. The molecule has 1 unspecified atom stereocenters. The van der Waals surface area contributed by atoms with Crippen LogP contribution < -0.4 is 10.1 Å². The van der Waals surface area contributed by atoms with Gasteiger partial charge in [-0.3, -0.25) is 9.59 Å². The molecule has 4 N–H and O–H groups in total. The maximum absolute atomic E-state index is 13.0. The van der Waals surface area contributed by atoms with Crippen LogP contribution in [0.4, 0.5) is 0 Å². The topological polar surface area (TPSA) is 210 Å². The van der Waals surface area contributed by atoms with Crippen LogP contribution in [0.2, 0.25) is 0 Å². The summed E-state index contributed by atoms with van der Waals surface area (Å²) in [7, 11) is 1.51. The molecule has 1 heterocycles. The first-order valence-corrected chi connectivity index (χ1v) is 11.7. The van der Waals surface area contributed by atoms with E-state index in [1.807, 2.05) is 0 Å². The highest BCUT2D eigenvalue weighted by Gasteiger charge is 2.72. The SMILES string of the molecule is COc1ccc(COC[C@H]2O[C@@H](N=[N+]=[N-])[C@H](NC(C)=O)[C@](O)(C(C)=O)[C@@]2(O)C(OC(C)(C)C)C(=O)O)cc1. The van der Waals surface area contributed by atoms with Crippen molar-refractivity contribution >= 4 is 17.7 Å². The average molecular weight is 539 g/mol. The van der Waals surface area contributed by atoms with Crippen molar-refractivity contribution in [2.75, 3.05) is 13.7 Å². The fourth-order valence-corrected chi connectivity index (χ4v) is 4.31. The number of aliphatic carboxylic acids is 1. The van der Waals surface area contributed by atoms with Gasteiger partial charge in [-0.05, 0) is 50.9 Å². The van der Waals surface area contributed by atoms with Crippen LogP contribution in [-0.2, 0) is 35.2 Å². The smallest absolute Gasteiger partial charge is 0.336 e. The lowest BCUT2D eigenvalue weighted by Crippen LogP contribution is -2.84. The predicted molar refractivity (Wildman–Crippen MR) is 131 cm³/mol. The minimum atomic E-state index is -3.06. The van der Waals surface area contributed by atoms with E-state index in [1.165, 1.54) is 27.9 Å². The summed E-state index contributed by atoms with van der Waals surface area (Å²) in [6, 6.07) is 4.91.